The fourth-order valence-electron chi connectivity index (χ4n) is 3.49. The van der Waals surface area contributed by atoms with Crippen LogP contribution < -0.4 is 9.47 Å². The van der Waals surface area contributed by atoms with Crippen molar-refractivity contribution in [3.63, 3.8) is 0 Å². The molecule has 0 amide bonds. The van der Waals surface area contributed by atoms with Crippen molar-refractivity contribution in [1.29, 1.82) is 0 Å². The van der Waals surface area contributed by atoms with Crippen molar-refractivity contribution in [2.45, 2.75) is 0 Å². The van der Waals surface area contributed by atoms with E-state index in [4.69, 9.17) is 19.6 Å². The molecule has 0 aliphatic carbocycles. The van der Waals surface area contributed by atoms with Gasteiger partial charge in [0.1, 0.15) is 11.5 Å². The number of benzene rings is 3. The predicted octanol–water partition coefficient (Wildman–Crippen LogP) is 4.63. The van der Waals surface area contributed by atoms with Crippen LogP contribution in [0, 0.1) is 0 Å². The van der Waals surface area contributed by atoms with Gasteiger partial charge in [0.05, 0.1) is 30.8 Å². The lowest BCUT2D eigenvalue weighted by Gasteiger charge is -2.11. The fraction of sp³-hybridized carbons (Fsp3) is 0.0870. The van der Waals surface area contributed by atoms with Crippen molar-refractivity contribution in [2.24, 2.45) is 0 Å². The first kappa shape index (κ1) is 17.2. The molecular weight excluding hydrogens is 364 g/mol. The Hall–Kier alpha value is -3.93. The van der Waals surface area contributed by atoms with E-state index in [0.717, 1.165) is 39.2 Å². The lowest BCUT2D eigenvalue weighted by molar-refractivity contribution is 0.415. The molecule has 0 radical (unpaired) electrons. The van der Waals surface area contributed by atoms with Crippen LogP contribution in [0.25, 0.3) is 39.3 Å². The first-order chi connectivity index (χ1) is 14.3. The largest absolute Gasteiger partial charge is 0.497 e. The van der Waals surface area contributed by atoms with Gasteiger partial charge in [-0.2, -0.15) is 9.50 Å². The molecule has 0 bridgehead atoms. The lowest BCUT2D eigenvalue weighted by atomic mass is 10.1. The Morgan fingerprint density at radius 2 is 1.52 bits per heavy atom. The second-order valence-electron chi connectivity index (χ2n) is 6.56. The van der Waals surface area contributed by atoms with Crippen LogP contribution in [0.1, 0.15) is 0 Å². The van der Waals surface area contributed by atoms with Gasteiger partial charge in [-0.3, -0.25) is 0 Å². The van der Waals surface area contributed by atoms with Gasteiger partial charge in [0.15, 0.2) is 5.82 Å². The molecule has 0 N–H and O–H groups in total. The zero-order chi connectivity index (χ0) is 19.8. The van der Waals surface area contributed by atoms with Crippen LogP contribution in [0.2, 0.25) is 0 Å². The van der Waals surface area contributed by atoms with E-state index < -0.39 is 0 Å². The lowest BCUT2D eigenvalue weighted by Crippen LogP contribution is -2.00. The number of aromatic nitrogens is 4. The molecular formula is C23H18N4O2. The highest BCUT2D eigenvalue weighted by atomic mass is 16.5. The summed E-state index contributed by atoms with van der Waals surface area (Å²) in [6, 6.07) is 23.6. The van der Waals surface area contributed by atoms with Gasteiger partial charge in [-0.05, 0) is 36.4 Å². The Labute approximate surface area is 167 Å². The minimum absolute atomic E-state index is 0.537. The first-order valence-corrected chi connectivity index (χ1v) is 9.22. The molecule has 0 fully saturated rings. The molecule has 0 aliphatic heterocycles. The van der Waals surface area contributed by atoms with Gasteiger partial charge >= 0.3 is 0 Å². The SMILES string of the molecule is COc1ccc(-c2nc3nc4cccc(OC)c4c(-c4ccccc4)n3n2)cc1. The highest BCUT2D eigenvalue weighted by Crippen LogP contribution is 2.35. The quantitative estimate of drug-likeness (QED) is 0.454. The summed E-state index contributed by atoms with van der Waals surface area (Å²) in [6.07, 6.45) is 0. The van der Waals surface area contributed by atoms with Gasteiger partial charge in [-0.1, -0.05) is 36.4 Å². The van der Waals surface area contributed by atoms with Crippen LogP contribution >= 0.6 is 0 Å². The van der Waals surface area contributed by atoms with E-state index in [1.807, 2.05) is 60.7 Å². The summed E-state index contributed by atoms with van der Waals surface area (Å²) >= 11 is 0. The second kappa shape index (κ2) is 6.91. The Balaban J connectivity index is 1.83. The Kier molecular flexibility index (Phi) is 4.09. The maximum atomic E-state index is 5.64. The summed E-state index contributed by atoms with van der Waals surface area (Å²) < 4.78 is 12.7. The fourth-order valence-corrected chi connectivity index (χ4v) is 3.49. The number of rotatable bonds is 4. The Morgan fingerprint density at radius 1 is 0.724 bits per heavy atom. The van der Waals surface area contributed by atoms with Gasteiger partial charge in [0.25, 0.3) is 5.78 Å². The van der Waals surface area contributed by atoms with E-state index in [0.29, 0.717) is 11.6 Å². The monoisotopic (exact) mass is 382 g/mol. The van der Waals surface area contributed by atoms with Crippen molar-refractivity contribution in [2.75, 3.05) is 14.2 Å². The third kappa shape index (κ3) is 2.86. The maximum absolute atomic E-state index is 5.64. The van der Waals surface area contributed by atoms with Crippen LogP contribution in [0.15, 0.2) is 72.8 Å². The zero-order valence-corrected chi connectivity index (χ0v) is 16.0. The Morgan fingerprint density at radius 3 is 2.24 bits per heavy atom. The zero-order valence-electron chi connectivity index (χ0n) is 16.0. The maximum Gasteiger partial charge on any atom is 0.253 e. The molecule has 5 rings (SSSR count). The van der Waals surface area contributed by atoms with Crippen molar-refractivity contribution in [3.05, 3.63) is 72.8 Å². The van der Waals surface area contributed by atoms with E-state index in [-0.39, 0.29) is 0 Å². The molecule has 0 saturated carbocycles. The van der Waals surface area contributed by atoms with Gasteiger partial charge in [-0.15, -0.1) is 5.10 Å². The average molecular weight is 382 g/mol. The van der Waals surface area contributed by atoms with Crippen molar-refractivity contribution >= 4 is 16.7 Å². The molecule has 5 aromatic rings. The summed E-state index contributed by atoms with van der Waals surface area (Å²) in [4.78, 5) is 9.43. The van der Waals surface area contributed by atoms with E-state index in [1.165, 1.54) is 0 Å². The van der Waals surface area contributed by atoms with Crippen LogP contribution in [0.3, 0.4) is 0 Å². The van der Waals surface area contributed by atoms with E-state index in [9.17, 15) is 0 Å². The smallest absolute Gasteiger partial charge is 0.253 e. The third-order valence-electron chi connectivity index (χ3n) is 4.88. The number of ether oxygens (including phenoxy) is 2. The van der Waals surface area contributed by atoms with Crippen LogP contribution in [0.5, 0.6) is 11.5 Å². The van der Waals surface area contributed by atoms with Gasteiger partial charge in [-0.25, -0.2) is 4.98 Å². The summed E-state index contributed by atoms with van der Waals surface area (Å²) in [5, 5.41) is 5.69. The molecule has 0 unspecified atom stereocenters. The summed E-state index contributed by atoms with van der Waals surface area (Å²) in [5.41, 5.74) is 3.62. The number of methoxy groups -OCH3 is 2. The van der Waals surface area contributed by atoms with Crippen LogP contribution in [0.4, 0.5) is 0 Å². The molecule has 29 heavy (non-hydrogen) atoms. The first-order valence-electron chi connectivity index (χ1n) is 9.22. The predicted molar refractivity (Wildman–Crippen MR) is 112 cm³/mol. The highest BCUT2D eigenvalue weighted by molar-refractivity contribution is 5.98. The normalized spacial score (nSPS) is 11.1. The Bertz CT molecular complexity index is 1310. The third-order valence-corrected chi connectivity index (χ3v) is 4.88. The van der Waals surface area contributed by atoms with Gasteiger partial charge in [0, 0.05) is 11.1 Å². The molecule has 6 nitrogen and oxygen atoms in total. The highest BCUT2D eigenvalue weighted by Gasteiger charge is 2.18. The molecule has 0 atom stereocenters. The van der Waals surface area contributed by atoms with Crippen LogP contribution in [-0.4, -0.2) is 33.8 Å². The van der Waals surface area contributed by atoms with E-state index in [1.54, 1.807) is 18.7 Å². The van der Waals surface area contributed by atoms with Crippen molar-refractivity contribution in [3.8, 4) is 34.1 Å². The molecule has 6 heteroatoms. The molecule has 0 spiro atoms. The minimum atomic E-state index is 0.537. The molecule has 0 saturated heterocycles. The standard InChI is InChI=1S/C23H18N4O2/c1-28-17-13-11-16(12-14-17)22-25-23-24-18-9-6-10-19(29-2)20(18)21(27(23)26-22)15-7-4-3-5-8-15/h3-14H,1-2H3. The molecule has 3 aromatic carbocycles. The summed E-state index contributed by atoms with van der Waals surface area (Å²) in [7, 11) is 3.31. The van der Waals surface area contributed by atoms with Crippen molar-refractivity contribution < 1.29 is 9.47 Å². The number of hydrogen-bond donors (Lipinski definition) is 0. The minimum Gasteiger partial charge on any atom is -0.497 e. The summed E-state index contributed by atoms with van der Waals surface area (Å²) in [6.45, 7) is 0. The second-order valence-corrected chi connectivity index (χ2v) is 6.56. The van der Waals surface area contributed by atoms with Gasteiger partial charge < -0.3 is 9.47 Å². The molecule has 2 heterocycles. The van der Waals surface area contributed by atoms with Crippen molar-refractivity contribution in [1.82, 2.24) is 19.6 Å². The van der Waals surface area contributed by atoms with Crippen LogP contribution in [-0.2, 0) is 0 Å². The van der Waals surface area contributed by atoms with E-state index in [2.05, 4.69) is 17.1 Å². The summed E-state index contributed by atoms with van der Waals surface area (Å²) in [5.74, 6) is 2.68. The molecule has 2 aromatic heterocycles. The van der Waals surface area contributed by atoms with Gasteiger partial charge in [0.2, 0.25) is 0 Å². The van der Waals surface area contributed by atoms with E-state index >= 15 is 0 Å². The number of hydrogen-bond acceptors (Lipinski definition) is 5. The number of nitrogens with zero attached hydrogens (tertiary/aromatic N) is 4. The molecule has 0 aliphatic rings. The average Bonchev–Trinajstić information content (AvgIpc) is 3.21. The topological polar surface area (TPSA) is 61.5 Å². The molecule has 142 valence electrons. The number of fused-ring (bicyclic) bond motifs is 2.